The van der Waals surface area contributed by atoms with Crippen molar-refractivity contribution in [3.05, 3.63) is 39.8 Å². The minimum atomic E-state index is -3.53. The second-order valence-corrected chi connectivity index (χ2v) is 8.27. The molecule has 0 unspecified atom stereocenters. The molecule has 1 aromatic heterocycles. The molecule has 1 N–H and O–H groups in total. The van der Waals surface area contributed by atoms with Crippen molar-refractivity contribution in [2.75, 3.05) is 19.4 Å². The third-order valence-electron chi connectivity index (χ3n) is 2.98. The monoisotopic (exact) mass is 339 g/mol. The summed E-state index contributed by atoms with van der Waals surface area (Å²) in [7, 11) is -0.607. The quantitative estimate of drug-likeness (QED) is 0.927. The molecule has 0 aliphatic rings. The van der Waals surface area contributed by atoms with Crippen LogP contribution in [-0.2, 0) is 10.0 Å². The molecule has 0 saturated carbocycles. The average Bonchev–Trinajstić information content (AvgIpc) is 2.78. The summed E-state index contributed by atoms with van der Waals surface area (Å²) >= 11 is 1.31. The molecule has 0 radical (unpaired) electrons. The maximum atomic E-state index is 12.2. The molecule has 0 aliphatic carbocycles. The highest BCUT2D eigenvalue weighted by molar-refractivity contribution is 7.89. The maximum Gasteiger partial charge on any atom is 0.267 e. The predicted octanol–water partition coefficient (Wildman–Crippen LogP) is 2.26. The second-order valence-electron chi connectivity index (χ2n) is 4.92. The van der Waals surface area contributed by atoms with Crippen LogP contribution in [0.4, 0.5) is 5.69 Å². The lowest BCUT2D eigenvalue weighted by molar-refractivity contribution is 0.102. The Hall–Kier alpha value is -1.77. The highest BCUT2D eigenvalue weighted by Crippen LogP contribution is 2.21. The molecule has 0 aliphatic heterocycles. The lowest BCUT2D eigenvalue weighted by Crippen LogP contribution is -2.22. The van der Waals surface area contributed by atoms with Gasteiger partial charge in [0.25, 0.3) is 5.91 Å². The molecular formula is C14H17N3O3S2. The molecule has 0 saturated heterocycles. The first-order valence-corrected chi connectivity index (χ1v) is 8.75. The number of carbonyl (C=O) groups is 1. The van der Waals surface area contributed by atoms with Crippen LogP contribution in [0.2, 0.25) is 0 Å². The van der Waals surface area contributed by atoms with E-state index < -0.39 is 10.0 Å². The van der Waals surface area contributed by atoms with E-state index in [1.807, 2.05) is 6.92 Å². The van der Waals surface area contributed by atoms with E-state index in [1.54, 1.807) is 19.1 Å². The van der Waals surface area contributed by atoms with E-state index in [2.05, 4.69) is 10.3 Å². The van der Waals surface area contributed by atoms with Gasteiger partial charge in [-0.1, -0.05) is 6.07 Å². The average molecular weight is 339 g/mol. The van der Waals surface area contributed by atoms with Crippen molar-refractivity contribution in [3.8, 4) is 0 Å². The minimum Gasteiger partial charge on any atom is -0.321 e. The van der Waals surface area contributed by atoms with Gasteiger partial charge in [0.1, 0.15) is 4.88 Å². The van der Waals surface area contributed by atoms with Gasteiger partial charge < -0.3 is 5.32 Å². The van der Waals surface area contributed by atoms with E-state index in [1.165, 1.54) is 37.6 Å². The molecule has 1 aromatic carbocycles. The van der Waals surface area contributed by atoms with Gasteiger partial charge >= 0.3 is 0 Å². The van der Waals surface area contributed by atoms with Gasteiger partial charge in [-0.25, -0.2) is 17.7 Å². The van der Waals surface area contributed by atoms with Gasteiger partial charge in [0.15, 0.2) is 0 Å². The predicted molar refractivity (Wildman–Crippen MR) is 86.9 cm³/mol. The van der Waals surface area contributed by atoms with E-state index in [-0.39, 0.29) is 10.8 Å². The second kappa shape index (κ2) is 6.15. The fourth-order valence-electron chi connectivity index (χ4n) is 1.87. The summed E-state index contributed by atoms with van der Waals surface area (Å²) < 4.78 is 25.3. The van der Waals surface area contributed by atoms with E-state index in [0.29, 0.717) is 16.3 Å². The van der Waals surface area contributed by atoms with Crippen LogP contribution in [0.15, 0.2) is 29.2 Å². The highest BCUT2D eigenvalue weighted by atomic mass is 32.2. The number of aromatic nitrogens is 1. The number of hydrogen-bond donors (Lipinski definition) is 1. The highest BCUT2D eigenvalue weighted by Gasteiger charge is 2.18. The molecule has 0 fully saturated rings. The van der Waals surface area contributed by atoms with Crippen molar-refractivity contribution in [1.29, 1.82) is 0 Å². The number of hydrogen-bond acceptors (Lipinski definition) is 5. The number of amides is 1. The van der Waals surface area contributed by atoms with E-state index in [4.69, 9.17) is 0 Å². The zero-order valence-electron chi connectivity index (χ0n) is 12.7. The third kappa shape index (κ3) is 3.34. The van der Waals surface area contributed by atoms with Gasteiger partial charge in [0.05, 0.1) is 15.6 Å². The minimum absolute atomic E-state index is 0.132. The van der Waals surface area contributed by atoms with Crippen LogP contribution in [0.3, 0.4) is 0 Å². The van der Waals surface area contributed by atoms with Crippen LogP contribution in [0.25, 0.3) is 0 Å². The van der Waals surface area contributed by atoms with Crippen molar-refractivity contribution in [1.82, 2.24) is 9.29 Å². The number of carbonyl (C=O) groups excluding carboxylic acids is 1. The molecule has 118 valence electrons. The smallest absolute Gasteiger partial charge is 0.267 e. The SMILES string of the molecule is Cc1nc(C)c(C(=O)Nc2cccc(S(=O)(=O)N(C)C)c2)s1. The van der Waals surface area contributed by atoms with Crippen LogP contribution >= 0.6 is 11.3 Å². The van der Waals surface area contributed by atoms with Gasteiger partial charge in [-0.05, 0) is 32.0 Å². The van der Waals surface area contributed by atoms with Crippen LogP contribution in [0.1, 0.15) is 20.4 Å². The molecule has 6 nitrogen and oxygen atoms in total. The third-order valence-corrected chi connectivity index (χ3v) is 5.86. The lowest BCUT2D eigenvalue weighted by atomic mass is 10.3. The topological polar surface area (TPSA) is 79.4 Å². The summed E-state index contributed by atoms with van der Waals surface area (Å²) in [5.74, 6) is -0.289. The summed E-state index contributed by atoms with van der Waals surface area (Å²) in [6.45, 7) is 3.60. The number of nitrogens with zero attached hydrogens (tertiary/aromatic N) is 2. The van der Waals surface area contributed by atoms with Gasteiger partial charge in [-0.2, -0.15) is 0 Å². The summed E-state index contributed by atoms with van der Waals surface area (Å²) in [6.07, 6.45) is 0. The molecule has 1 heterocycles. The molecule has 22 heavy (non-hydrogen) atoms. The Morgan fingerprint density at radius 2 is 1.95 bits per heavy atom. The van der Waals surface area contributed by atoms with Crippen molar-refractivity contribution >= 4 is 33.0 Å². The fourth-order valence-corrected chi connectivity index (χ4v) is 3.64. The van der Waals surface area contributed by atoms with Gasteiger partial charge in [-0.3, -0.25) is 4.79 Å². The fraction of sp³-hybridized carbons (Fsp3) is 0.286. The van der Waals surface area contributed by atoms with Crippen molar-refractivity contribution in [3.63, 3.8) is 0 Å². The molecule has 1 amide bonds. The molecule has 2 rings (SSSR count). The summed E-state index contributed by atoms with van der Waals surface area (Å²) in [6, 6.07) is 6.18. The van der Waals surface area contributed by atoms with Crippen LogP contribution in [0.5, 0.6) is 0 Å². The number of anilines is 1. The number of rotatable bonds is 4. The lowest BCUT2D eigenvalue weighted by Gasteiger charge is -2.12. The summed E-state index contributed by atoms with van der Waals surface area (Å²) in [5, 5.41) is 3.52. The van der Waals surface area contributed by atoms with E-state index >= 15 is 0 Å². The normalized spacial score (nSPS) is 11.7. The molecule has 2 aromatic rings. The Labute approximate surface area is 133 Å². The Bertz CT molecular complexity index is 810. The Kier molecular flexibility index (Phi) is 4.64. The van der Waals surface area contributed by atoms with Crippen LogP contribution in [-0.4, -0.2) is 37.7 Å². The number of aryl methyl sites for hydroxylation is 2. The van der Waals surface area contributed by atoms with Crippen LogP contribution in [0, 0.1) is 13.8 Å². The molecular weight excluding hydrogens is 322 g/mol. The first-order valence-electron chi connectivity index (χ1n) is 6.50. The standard InChI is InChI=1S/C14H17N3O3S2/c1-9-13(21-10(2)15-9)14(18)16-11-6-5-7-12(8-11)22(19,20)17(3)4/h5-8H,1-4H3,(H,16,18). The maximum absolute atomic E-state index is 12.2. The van der Waals surface area contributed by atoms with E-state index in [0.717, 1.165) is 9.31 Å². The van der Waals surface area contributed by atoms with Crippen molar-refractivity contribution < 1.29 is 13.2 Å². The van der Waals surface area contributed by atoms with Crippen LogP contribution < -0.4 is 5.32 Å². The number of nitrogens with one attached hydrogen (secondary N) is 1. The molecule has 8 heteroatoms. The summed E-state index contributed by atoms with van der Waals surface area (Å²) in [4.78, 5) is 17.1. The molecule has 0 bridgehead atoms. The zero-order chi connectivity index (χ0) is 16.5. The first-order chi connectivity index (χ1) is 10.2. The first kappa shape index (κ1) is 16.6. The van der Waals surface area contributed by atoms with Gasteiger partial charge in [0, 0.05) is 19.8 Å². The number of sulfonamides is 1. The van der Waals surface area contributed by atoms with E-state index in [9.17, 15) is 13.2 Å². The Balaban J connectivity index is 2.28. The van der Waals surface area contributed by atoms with Crippen molar-refractivity contribution in [2.45, 2.75) is 18.7 Å². The Morgan fingerprint density at radius 3 is 2.50 bits per heavy atom. The molecule has 0 spiro atoms. The molecule has 0 atom stereocenters. The number of thiazole rings is 1. The van der Waals surface area contributed by atoms with Gasteiger partial charge in [0.2, 0.25) is 10.0 Å². The summed E-state index contributed by atoms with van der Waals surface area (Å²) in [5.41, 5.74) is 1.09. The Morgan fingerprint density at radius 1 is 1.27 bits per heavy atom. The zero-order valence-corrected chi connectivity index (χ0v) is 14.4. The van der Waals surface area contributed by atoms with Crippen molar-refractivity contribution in [2.24, 2.45) is 0 Å². The number of benzene rings is 1. The van der Waals surface area contributed by atoms with Gasteiger partial charge in [-0.15, -0.1) is 11.3 Å². The largest absolute Gasteiger partial charge is 0.321 e.